The van der Waals surface area contributed by atoms with E-state index in [0.717, 1.165) is 28.3 Å². The Morgan fingerprint density at radius 1 is 1.36 bits per heavy atom. The number of aromatic nitrogens is 1. The number of thiazole rings is 1. The Kier molecular flexibility index (Phi) is 5.38. The minimum atomic E-state index is -0.103. The van der Waals surface area contributed by atoms with Crippen molar-refractivity contribution in [1.82, 2.24) is 9.47 Å². The van der Waals surface area contributed by atoms with Gasteiger partial charge in [-0.1, -0.05) is 29.5 Å². The van der Waals surface area contributed by atoms with Gasteiger partial charge in [0.1, 0.15) is 12.3 Å². The number of aryl methyl sites for hydroxylation is 1. The van der Waals surface area contributed by atoms with Crippen LogP contribution >= 0.6 is 11.3 Å². The summed E-state index contributed by atoms with van der Waals surface area (Å²) in [7, 11) is 1.73. The van der Waals surface area contributed by atoms with Crippen LogP contribution in [0.25, 0.3) is 0 Å². The summed E-state index contributed by atoms with van der Waals surface area (Å²) in [5.41, 5.74) is 1.76. The van der Waals surface area contributed by atoms with Crippen LogP contribution in [-0.2, 0) is 17.9 Å². The fraction of sp³-hybridized carbons (Fsp3) is 0.375. The molecule has 6 heteroatoms. The van der Waals surface area contributed by atoms with Crippen molar-refractivity contribution in [3.8, 4) is 5.75 Å². The maximum atomic E-state index is 12.3. The van der Waals surface area contributed by atoms with Crippen molar-refractivity contribution < 1.29 is 9.53 Å². The van der Waals surface area contributed by atoms with Crippen molar-refractivity contribution in [2.75, 3.05) is 13.7 Å². The molecule has 1 aromatic carbocycles. The first-order valence-electron chi connectivity index (χ1n) is 7.12. The van der Waals surface area contributed by atoms with E-state index in [4.69, 9.17) is 4.74 Å². The molecule has 0 spiro atoms. The summed E-state index contributed by atoms with van der Waals surface area (Å²) in [6, 6.07) is 7.66. The molecule has 0 saturated carbocycles. The first kappa shape index (κ1) is 16.3. The average Bonchev–Trinajstić information content (AvgIpc) is 2.81. The van der Waals surface area contributed by atoms with E-state index < -0.39 is 0 Å². The minimum Gasteiger partial charge on any atom is -0.494 e. The second kappa shape index (κ2) is 7.26. The molecule has 5 nitrogen and oxygen atoms in total. The zero-order chi connectivity index (χ0) is 16.1. The Morgan fingerprint density at radius 3 is 2.73 bits per heavy atom. The van der Waals surface area contributed by atoms with Crippen molar-refractivity contribution >= 4 is 17.2 Å². The highest BCUT2D eigenvalue weighted by Crippen LogP contribution is 2.19. The van der Waals surface area contributed by atoms with E-state index >= 15 is 0 Å². The van der Waals surface area contributed by atoms with Crippen molar-refractivity contribution in [3.05, 3.63) is 50.6 Å². The number of amides is 1. The van der Waals surface area contributed by atoms with E-state index in [1.807, 2.05) is 38.1 Å². The SMILES string of the molecule is CCOc1ccccc1CN(C)C(=O)Cn1c(C)csc1=O. The van der Waals surface area contributed by atoms with E-state index in [9.17, 15) is 9.59 Å². The minimum absolute atomic E-state index is 0.0709. The Balaban J connectivity index is 2.07. The molecule has 0 bridgehead atoms. The lowest BCUT2D eigenvalue weighted by Crippen LogP contribution is -2.32. The second-order valence-corrected chi connectivity index (χ2v) is 5.84. The number of para-hydroxylation sites is 1. The summed E-state index contributed by atoms with van der Waals surface area (Å²) >= 11 is 1.11. The molecular weight excluding hydrogens is 300 g/mol. The molecule has 1 heterocycles. The van der Waals surface area contributed by atoms with Crippen molar-refractivity contribution in [2.24, 2.45) is 0 Å². The van der Waals surface area contributed by atoms with Gasteiger partial charge >= 0.3 is 4.87 Å². The molecule has 2 aromatic rings. The van der Waals surface area contributed by atoms with Gasteiger partial charge in [0.2, 0.25) is 5.91 Å². The molecule has 1 aromatic heterocycles. The molecule has 0 aliphatic carbocycles. The molecule has 22 heavy (non-hydrogen) atoms. The number of ether oxygens (including phenoxy) is 1. The fourth-order valence-corrected chi connectivity index (χ4v) is 2.86. The van der Waals surface area contributed by atoms with Gasteiger partial charge < -0.3 is 9.64 Å². The van der Waals surface area contributed by atoms with Gasteiger partial charge in [0.05, 0.1) is 6.61 Å². The highest BCUT2D eigenvalue weighted by atomic mass is 32.1. The highest BCUT2D eigenvalue weighted by molar-refractivity contribution is 7.07. The maximum absolute atomic E-state index is 12.3. The van der Waals surface area contributed by atoms with Gasteiger partial charge in [-0.25, -0.2) is 0 Å². The number of nitrogens with zero attached hydrogens (tertiary/aromatic N) is 2. The predicted molar refractivity (Wildman–Crippen MR) is 87.4 cm³/mol. The quantitative estimate of drug-likeness (QED) is 0.820. The largest absolute Gasteiger partial charge is 0.494 e. The van der Waals surface area contributed by atoms with Crippen LogP contribution in [0.1, 0.15) is 18.2 Å². The standard InChI is InChI=1S/C16H20N2O3S/c1-4-21-14-8-6-5-7-13(14)9-17(3)15(19)10-18-12(2)11-22-16(18)20/h5-8,11H,4,9-10H2,1-3H3. The molecule has 118 valence electrons. The van der Waals surface area contributed by atoms with E-state index in [2.05, 4.69) is 0 Å². The lowest BCUT2D eigenvalue weighted by atomic mass is 10.2. The third-order valence-electron chi connectivity index (χ3n) is 3.38. The summed E-state index contributed by atoms with van der Waals surface area (Å²) in [4.78, 5) is 25.5. The molecule has 0 saturated heterocycles. The number of hydrogen-bond donors (Lipinski definition) is 0. The van der Waals surface area contributed by atoms with Crippen molar-refractivity contribution in [3.63, 3.8) is 0 Å². The van der Waals surface area contributed by atoms with Crippen LogP contribution in [0.4, 0.5) is 0 Å². The first-order chi connectivity index (χ1) is 10.5. The van der Waals surface area contributed by atoms with Gasteiger partial charge in [-0.2, -0.15) is 0 Å². The average molecular weight is 320 g/mol. The Bertz CT molecular complexity index is 705. The van der Waals surface area contributed by atoms with E-state index in [1.165, 1.54) is 4.57 Å². The van der Waals surface area contributed by atoms with Crippen LogP contribution in [0.3, 0.4) is 0 Å². The molecule has 0 aliphatic rings. The van der Waals surface area contributed by atoms with E-state index in [-0.39, 0.29) is 17.3 Å². The zero-order valence-corrected chi connectivity index (χ0v) is 13.9. The molecule has 0 radical (unpaired) electrons. The van der Waals surface area contributed by atoms with Gasteiger partial charge in [0, 0.05) is 30.2 Å². The van der Waals surface area contributed by atoms with Crippen LogP contribution in [0.5, 0.6) is 5.75 Å². The summed E-state index contributed by atoms with van der Waals surface area (Å²) in [6.45, 7) is 4.86. The first-order valence-corrected chi connectivity index (χ1v) is 8.00. The normalized spacial score (nSPS) is 10.5. The van der Waals surface area contributed by atoms with E-state index in [1.54, 1.807) is 17.3 Å². The molecular formula is C16H20N2O3S. The number of carbonyl (C=O) groups is 1. The van der Waals surface area contributed by atoms with Gasteiger partial charge in [-0.05, 0) is 19.9 Å². The molecule has 2 rings (SSSR count). The number of hydrogen-bond acceptors (Lipinski definition) is 4. The summed E-state index contributed by atoms with van der Waals surface area (Å²) in [5, 5.41) is 1.76. The van der Waals surface area contributed by atoms with Gasteiger partial charge in [-0.15, -0.1) is 0 Å². The Hall–Kier alpha value is -2.08. The molecule has 0 aliphatic heterocycles. The molecule has 0 fully saturated rings. The van der Waals surface area contributed by atoms with Crippen LogP contribution in [-0.4, -0.2) is 29.0 Å². The molecule has 0 atom stereocenters. The molecule has 0 N–H and O–H groups in total. The number of likely N-dealkylation sites (N-methyl/N-ethyl adjacent to an activating group) is 1. The second-order valence-electron chi connectivity index (χ2n) is 5.02. The van der Waals surface area contributed by atoms with Gasteiger partial charge in [0.15, 0.2) is 0 Å². The smallest absolute Gasteiger partial charge is 0.307 e. The summed E-state index contributed by atoms with van der Waals surface area (Å²) < 4.78 is 7.07. The maximum Gasteiger partial charge on any atom is 0.307 e. The predicted octanol–water partition coefficient (Wildman–Crippen LogP) is 2.28. The number of carbonyl (C=O) groups excluding carboxylic acids is 1. The van der Waals surface area contributed by atoms with Gasteiger partial charge in [-0.3, -0.25) is 14.2 Å². The number of benzene rings is 1. The fourth-order valence-electron chi connectivity index (χ4n) is 2.13. The number of rotatable bonds is 6. The van der Waals surface area contributed by atoms with Crippen LogP contribution in [0.2, 0.25) is 0 Å². The lowest BCUT2D eigenvalue weighted by molar-refractivity contribution is -0.131. The van der Waals surface area contributed by atoms with Crippen LogP contribution in [0, 0.1) is 6.92 Å². The monoisotopic (exact) mass is 320 g/mol. The van der Waals surface area contributed by atoms with Crippen molar-refractivity contribution in [1.29, 1.82) is 0 Å². The molecule has 0 unspecified atom stereocenters. The van der Waals surface area contributed by atoms with Crippen molar-refractivity contribution in [2.45, 2.75) is 26.9 Å². The summed E-state index contributed by atoms with van der Waals surface area (Å²) in [5.74, 6) is 0.684. The third-order valence-corrected chi connectivity index (χ3v) is 4.26. The highest BCUT2D eigenvalue weighted by Gasteiger charge is 2.14. The topological polar surface area (TPSA) is 51.5 Å². The molecule has 1 amide bonds. The van der Waals surface area contributed by atoms with Crippen LogP contribution in [0.15, 0.2) is 34.4 Å². The Labute approximate surface area is 133 Å². The zero-order valence-electron chi connectivity index (χ0n) is 13.0. The third kappa shape index (κ3) is 3.76. The lowest BCUT2D eigenvalue weighted by Gasteiger charge is -2.19. The van der Waals surface area contributed by atoms with Crippen LogP contribution < -0.4 is 9.61 Å². The Morgan fingerprint density at radius 2 is 2.09 bits per heavy atom. The van der Waals surface area contributed by atoms with E-state index in [0.29, 0.717) is 13.2 Å². The summed E-state index contributed by atoms with van der Waals surface area (Å²) in [6.07, 6.45) is 0. The van der Waals surface area contributed by atoms with Gasteiger partial charge in [0.25, 0.3) is 0 Å².